The molecule has 0 spiro atoms. The van der Waals surface area contributed by atoms with Crippen LogP contribution in [0.25, 0.3) is 10.9 Å². The van der Waals surface area contributed by atoms with E-state index in [2.05, 4.69) is 16.4 Å². The summed E-state index contributed by atoms with van der Waals surface area (Å²) in [6.45, 7) is 4.00. The zero-order chi connectivity index (χ0) is 24.0. The molecule has 2 aromatic rings. The standard InChI is InChI=1S/C26H33N3O4/c1-16(2)11-18(26(32)28-19(15-27)12-17-7-4-5-9-23(17)30)13-24(31)22-14-20-21(29-22)8-6-10-25(20)33-3/h6,8,10,14,16-19,29H,4-5,7,9,11-13H2,1-3H3,(H,28,32)/t17-,18+,19-/m0/s1. The minimum atomic E-state index is -0.730. The third-order valence-corrected chi connectivity index (χ3v) is 6.38. The monoisotopic (exact) mass is 451 g/mol. The normalized spacial score (nSPS) is 18.0. The Hall–Kier alpha value is -3.14. The van der Waals surface area contributed by atoms with Crippen molar-refractivity contribution in [2.75, 3.05) is 7.11 Å². The predicted octanol–water partition coefficient (Wildman–Crippen LogP) is 4.57. The van der Waals surface area contributed by atoms with Crippen LogP contribution in [0.15, 0.2) is 24.3 Å². The average molecular weight is 452 g/mol. The van der Waals surface area contributed by atoms with Crippen LogP contribution in [-0.4, -0.2) is 35.6 Å². The average Bonchev–Trinajstić information content (AvgIpc) is 3.24. The van der Waals surface area contributed by atoms with Crippen LogP contribution in [0.3, 0.4) is 0 Å². The minimum absolute atomic E-state index is 0.0413. The smallest absolute Gasteiger partial charge is 0.224 e. The maximum atomic E-state index is 13.1. The van der Waals surface area contributed by atoms with Crippen LogP contribution in [0, 0.1) is 29.1 Å². The van der Waals surface area contributed by atoms with E-state index < -0.39 is 12.0 Å². The first-order valence-electron chi connectivity index (χ1n) is 11.7. The summed E-state index contributed by atoms with van der Waals surface area (Å²) in [6.07, 6.45) is 4.10. The molecule has 1 amide bonds. The number of ketones is 2. The molecule has 176 valence electrons. The molecule has 1 heterocycles. The largest absolute Gasteiger partial charge is 0.496 e. The molecule has 3 rings (SSSR count). The van der Waals surface area contributed by atoms with Gasteiger partial charge in [-0.05, 0) is 49.8 Å². The van der Waals surface area contributed by atoms with Crippen molar-refractivity contribution in [1.82, 2.24) is 10.3 Å². The number of fused-ring (bicyclic) bond motifs is 1. The van der Waals surface area contributed by atoms with Gasteiger partial charge in [-0.3, -0.25) is 14.4 Å². The fourth-order valence-corrected chi connectivity index (χ4v) is 4.66. The van der Waals surface area contributed by atoms with Crippen molar-refractivity contribution in [1.29, 1.82) is 5.26 Å². The molecule has 7 heteroatoms. The number of nitrogens with one attached hydrogen (secondary N) is 2. The van der Waals surface area contributed by atoms with Gasteiger partial charge in [-0.2, -0.15) is 5.26 Å². The van der Waals surface area contributed by atoms with E-state index in [0.29, 0.717) is 30.7 Å². The van der Waals surface area contributed by atoms with Gasteiger partial charge in [-0.25, -0.2) is 0 Å². The number of nitriles is 1. The molecule has 33 heavy (non-hydrogen) atoms. The van der Waals surface area contributed by atoms with Gasteiger partial charge in [-0.1, -0.05) is 26.3 Å². The number of Topliss-reactive ketones (excluding diaryl/α,β-unsaturated/α-hetero) is 2. The number of hydrogen-bond donors (Lipinski definition) is 2. The van der Waals surface area contributed by atoms with Crippen molar-refractivity contribution in [3.05, 3.63) is 30.0 Å². The zero-order valence-corrected chi connectivity index (χ0v) is 19.6. The van der Waals surface area contributed by atoms with Crippen molar-refractivity contribution < 1.29 is 19.1 Å². The molecule has 2 N–H and O–H groups in total. The molecule has 1 aromatic heterocycles. The third-order valence-electron chi connectivity index (χ3n) is 6.38. The lowest BCUT2D eigenvalue weighted by atomic mass is 9.83. The van der Waals surface area contributed by atoms with Crippen LogP contribution in [0.1, 0.15) is 69.3 Å². The van der Waals surface area contributed by atoms with Crippen molar-refractivity contribution in [3.63, 3.8) is 0 Å². The highest BCUT2D eigenvalue weighted by atomic mass is 16.5. The number of amides is 1. The summed E-state index contributed by atoms with van der Waals surface area (Å²) in [6, 6.07) is 8.71. The Morgan fingerprint density at radius 3 is 2.76 bits per heavy atom. The van der Waals surface area contributed by atoms with Crippen LogP contribution in [0.4, 0.5) is 0 Å². The molecule has 0 bridgehead atoms. The first kappa shape index (κ1) is 24.5. The summed E-state index contributed by atoms with van der Waals surface area (Å²) >= 11 is 0. The first-order chi connectivity index (χ1) is 15.8. The maximum Gasteiger partial charge on any atom is 0.224 e. The van der Waals surface area contributed by atoms with E-state index in [1.165, 1.54) is 0 Å². The summed E-state index contributed by atoms with van der Waals surface area (Å²) < 4.78 is 5.37. The number of carbonyl (C=O) groups is 3. The van der Waals surface area contributed by atoms with E-state index >= 15 is 0 Å². The highest BCUT2D eigenvalue weighted by Crippen LogP contribution is 2.28. The van der Waals surface area contributed by atoms with Gasteiger partial charge in [-0.15, -0.1) is 0 Å². The Morgan fingerprint density at radius 2 is 2.09 bits per heavy atom. The first-order valence-corrected chi connectivity index (χ1v) is 11.7. The number of aromatic nitrogens is 1. The van der Waals surface area contributed by atoms with Gasteiger partial charge in [0.05, 0.1) is 18.9 Å². The van der Waals surface area contributed by atoms with Crippen molar-refractivity contribution in [2.24, 2.45) is 17.8 Å². The van der Waals surface area contributed by atoms with Crippen molar-refractivity contribution >= 4 is 28.4 Å². The molecule has 7 nitrogen and oxygen atoms in total. The number of H-pyrrole nitrogens is 1. The Balaban J connectivity index is 1.70. The zero-order valence-electron chi connectivity index (χ0n) is 19.6. The van der Waals surface area contributed by atoms with E-state index in [9.17, 15) is 19.6 Å². The Kier molecular flexibility index (Phi) is 8.26. The third kappa shape index (κ3) is 6.22. The summed E-state index contributed by atoms with van der Waals surface area (Å²) in [5.41, 5.74) is 1.23. The molecule has 0 unspecified atom stereocenters. The molecular weight excluding hydrogens is 418 g/mol. The van der Waals surface area contributed by atoms with Crippen molar-refractivity contribution in [2.45, 2.75) is 64.8 Å². The van der Waals surface area contributed by atoms with Gasteiger partial charge in [0.2, 0.25) is 5.91 Å². The number of benzene rings is 1. The molecular formula is C26H33N3O4. The lowest BCUT2D eigenvalue weighted by molar-refractivity contribution is -0.127. The van der Waals surface area contributed by atoms with Gasteiger partial charge in [0.1, 0.15) is 17.6 Å². The molecule has 1 saturated carbocycles. The SMILES string of the molecule is COc1cccc2[nH]c(C(=O)C[C@@H](CC(C)C)C(=O)N[C@H](C#N)C[C@@H]3CCCCC3=O)cc12. The summed E-state index contributed by atoms with van der Waals surface area (Å²) in [4.78, 5) is 41.4. The summed E-state index contributed by atoms with van der Waals surface area (Å²) in [5, 5.41) is 13.2. The Labute approximate surface area is 194 Å². The van der Waals surface area contributed by atoms with E-state index in [1.807, 2.05) is 32.0 Å². The number of carbonyl (C=O) groups excluding carboxylic acids is 3. The van der Waals surface area contributed by atoms with Crippen LogP contribution in [0.5, 0.6) is 5.75 Å². The molecule has 0 saturated heterocycles. The van der Waals surface area contributed by atoms with E-state index in [1.54, 1.807) is 13.2 Å². The van der Waals surface area contributed by atoms with Crippen LogP contribution in [-0.2, 0) is 9.59 Å². The highest BCUT2D eigenvalue weighted by Gasteiger charge is 2.29. The second-order valence-corrected chi connectivity index (χ2v) is 9.39. The molecule has 1 aromatic carbocycles. The van der Waals surface area contributed by atoms with Gasteiger partial charge >= 0.3 is 0 Å². The lowest BCUT2D eigenvalue weighted by Crippen LogP contribution is -2.41. The maximum absolute atomic E-state index is 13.1. The number of nitrogens with zero attached hydrogens (tertiary/aromatic N) is 1. The van der Waals surface area contributed by atoms with Crippen molar-refractivity contribution in [3.8, 4) is 11.8 Å². The lowest BCUT2D eigenvalue weighted by Gasteiger charge is -2.24. The van der Waals surface area contributed by atoms with Crippen LogP contribution in [0.2, 0.25) is 0 Å². The molecule has 1 aliphatic carbocycles. The second-order valence-electron chi connectivity index (χ2n) is 9.39. The number of aromatic amines is 1. The molecule has 0 aliphatic heterocycles. The minimum Gasteiger partial charge on any atom is -0.496 e. The van der Waals surface area contributed by atoms with Crippen LogP contribution < -0.4 is 10.1 Å². The number of ether oxygens (including phenoxy) is 1. The Bertz CT molecular complexity index is 1050. The number of methoxy groups -OCH3 is 1. The van der Waals surface area contributed by atoms with E-state index in [0.717, 1.165) is 30.2 Å². The quantitative estimate of drug-likeness (QED) is 0.514. The number of rotatable bonds is 10. The highest BCUT2D eigenvalue weighted by molar-refractivity contribution is 6.02. The van der Waals surface area contributed by atoms with E-state index in [-0.39, 0.29) is 35.7 Å². The molecule has 1 aliphatic rings. The van der Waals surface area contributed by atoms with Gasteiger partial charge < -0.3 is 15.0 Å². The van der Waals surface area contributed by atoms with Gasteiger partial charge in [0.15, 0.2) is 5.78 Å². The second kappa shape index (κ2) is 11.1. The molecule has 3 atom stereocenters. The van der Waals surface area contributed by atoms with Gasteiger partial charge in [0.25, 0.3) is 0 Å². The molecule has 0 radical (unpaired) electrons. The Morgan fingerprint density at radius 1 is 1.30 bits per heavy atom. The van der Waals surface area contributed by atoms with E-state index in [4.69, 9.17) is 4.74 Å². The van der Waals surface area contributed by atoms with Crippen LogP contribution >= 0.6 is 0 Å². The van der Waals surface area contributed by atoms with Gasteiger partial charge in [0, 0.05) is 35.6 Å². The summed E-state index contributed by atoms with van der Waals surface area (Å²) in [5.74, 6) is -0.131. The summed E-state index contributed by atoms with van der Waals surface area (Å²) in [7, 11) is 1.58. The fraction of sp³-hybridized carbons (Fsp3) is 0.538. The number of hydrogen-bond acceptors (Lipinski definition) is 5. The predicted molar refractivity (Wildman–Crippen MR) is 126 cm³/mol. The molecule has 1 fully saturated rings. The topological polar surface area (TPSA) is 112 Å². The fourth-order valence-electron chi connectivity index (χ4n) is 4.66.